The standard InChI is InChI=1S/C16H22N2O3/c1-3-9-21-16(20)18-14-6-4-5-13-15(14)12(10-17-13)8-7-11(2)19/h4-6,12,17H,3,7-10H2,1-2H3,(H,18,20). The smallest absolute Gasteiger partial charge is 0.411 e. The van der Waals surface area contributed by atoms with Crippen LogP contribution in [0.15, 0.2) is 18.2 Å². The molecule has 1 aliphatic rings. The number of hydrogen-bond acceptors (Lipinski definition) is 4. The van der Waals surface area contributed by atoms with Crippen molar-refractivity contribution >= 4 is 23.3 Å². The van der Waals surface area contributed by atoms with Crippen LogP contribution in [0.2, 0.25) is 0 Å². The Hall–Kier alpha value is -2.04. The van der Waals surface area contributed by atoms with Gasteiger partial charge in [0.05, 0.1) is 6.61 Å². The second-order valence-corrected chi connectivity index (χ2v) is 5.35. The molecule has 1 aliphatic heterocycles. The molecule has 0 bridgehead atoms. The van der Waals surface area contributed by atoms with Crippen LogP contribution < -0.4 is 10.6 Å². The highest BCUT2D eigenvalue weighted by atomic mass is 16.5. The van der Waals surface area contributed by atoms with Crippen LogP contribution in [-0.2, 0) is 9.53 Å². The van der Waals surface area contributed by atoms with Crippen LogP contribution in [0.5, 0.6) is 0 Å². The molecule has 0 radical (unpaired) electrons. The molecule has 114 valence electrons. The molecular weight excluding hydrogens is 268 g/mol. The summed E-state index contributed by atoms with van der Waals surface area (Å²) in [5, 5.41) is 6.14. The molecule has 0 aromatic heterocycles. The van der Waals surface area contributed by atoms with Gasteiger partial charge in [-0.05, 0) is 31.9 Å². The zero-order valence-electron chi connectivity index (χ0n) is 12.6. The van der Waals surface area contributed by atoms with Crippen molar-refractivity contribution in [2.45, 2.75) is 39.0 Å². The van der Waals surface area contributed by atoms with E-state index in [1.54, 1.807) is 6.92 Å². The lowest BCUT2D eigenvalue weighted by Gasteiger charge is -2.15. The molecule has 0 saturated heterocycles. The molecule has 0 saturated carbocycles. The Morgan fingerprint density at radius 3 is 2.95 bits per heavy atom. The van der Waals surface area contributed by atoms with Crippen molar-refractivity contribution in [3.05, 3.63) is 23.8 Å². The molecule has 0 spiro atoms. The molecule has 1 aromatic rings. The first-order valence-electron chi connectivity index (χ1n) is 7.41. The fourth-order valence-electron chi connectivity index (χ4n) is 2.57. The minimum absolute atomic E-state index is 0.191. The molecule has 2 N–H and O–H groups in total. The van der Waals surface area contributed by atoms with Crippen LogP contribution in [0.4, 0.5) is 16.2 Å². The van der Waals surface area contributed by atoms with E-state index in [1.807, 2.05) is 25.1 Å². The van der Waals surface area contributed by atoms with Gasteiger partial charge in [0.15, 0.2) is 0 Å². The third-order valence-corrected chi connectivity index (χ3v) is 3.57. The second kappa shape index (κ2) is 7.11. The van der Waals surface area contributed by atoms with Crippen molar-refractivity contribution in [2.75, 3.05) is 23.8 Å². The average Bonchev–Trinajstić information content (AvgIpc) is 2.87. The van der Waals surface area contributed by atoms with Crippen LogP contribution in [0.25, 0.3) is 0 Å². The minimum Gasteiger partial charge on any atom is -0.449 e. The van der Waals surface area contributed by atoms with E-state index in [0.29, 0.717) is 13.0 Å². The molecule has 0 aliphatic carbocycles. The SMILES string of the molecule is CCCOC(=O)Nc1cccc2c1C(CCC(C)=O)CN2. The van der Waals surface area contributed by atoms with E-state index in [0.717, 1.165) is 36.3 Å². The third kappa shape index (κ3) is 3.97. The number of fused-ring (bicyclic) bond motifs is 1. The summed E-state index contributed by atoms with van der Waals surface area (Å²) in [7, 11) is 0. The molecule has 1 unspecified atom stereocenters. The van der Waals surface area contributed by atoms with E-state index in [-0.39, 0.29) is 11.7 Å². The summed E-state index contributed by atoms with van der Waals surface area (Å²) in [4.78, 5) is 22.9. The van der Waals surface area contributed by atoms with E-state index in [2.05, 4.69) is 10.6 Å². The Balaban J connectivity index is 2.11. The predicted octanol–water partition coefficient (Wildman–Crippen LogP) is 3.52. The molecular formula is C16H22N2O3. The van der Waals surface area contributed by atoms with Gasteiger partial charge >= 0.3 is 6.09 Å². The highest BCUT2D eigenvalue weighted by molar-refractivity contribution is 5.88. The number of Topliss-reactive ketones (excluding diaryl/α,β-unsaturated/α-hetero) is 1. The number of hydrogen-bond donors (Lipinski definition) is 2. The minimum atomic E-state index is -0.428. The van der Waals surface area contributed by atoms with E-state index in [9.17, 15) is 9.59 Å². The van der Waals surface area contributed by atoms with Crippen molar-refractivity contribution in [1.29, 1.82) is 0 Å². The molecule has 1 aromatic carbocycles. The van der Waals surface area contributed by atoms with Gasteiger partial charge in [0, 0.05) is 35.8 Å². The highest BCUT2D eigenvalue weighted by Gasteiger charge is 2.26. The molecule has 1 atom stereocenters. The summed E-state index contributed by atoms with van der Waals surface area (Å²) in [5.41, 5.74) is 2.87. The maximum Gasteiger partial charge on any atom is 0.411 e. The maximum absolute atomic E-state index is 11.7. The fourth-order valence-corrected chi connectivity index (χ4v) is 2.57. The van der Waals surface area contributed by atoms with E-state index in [1.165, 1.54) is 0 Å². The van der Waals surface area contributed by atoms with Crippen LogP contribution in [0.1, 0.15) is 44.6 Å². The van der Waals surface area contributed by atoms with Crippen LogP contribution in [0, 0.1) is 0 Å². The Morgan fingerprint density at radius 2 is 2.24 bits per heavy atom. The summed E-state index contributed by atoms with van der Waals surface area (Å²) in [6.45, 7) is 4.77. The van der Waals surface area contributed by atoms with Gasteiger partial charge in [-0.2, -0.15) is 0 Å². The molecule has 1 heterocycles. The summed E-state index contributed by atoms with van der Waals surface area (Å²) in [5.74, 6) is 0.433. The van der Waals surface area contributed by atoms with Gasteiger partial charge in [-0.3, -0.25) is 5.32 Å². The Kier molecular flexibility index (Phi) is 5.20. The lowest BCUT2D eigenvalue weighted by molar-refractivity contribution is -0.117. The first-order chi connectivity index (χ1) is 10.1. The highest BCUT2D eigenvalue weighted by Crippen LogP contribution is 2.39. The normalized spacial score (nSPS) is 16.0. The number of rotatable bonds is 6. The summed E-state index contributed by atoms with van der Waals surface area (Å²) in [6, 6.07) is 5.76. The lowest BCUT2D eigenvalue weighted by atomic mass is 9.94. The predicted molar refractivity (Wildman–Crippen MR) is 82.8 cm³/mol. The quantitative estimate of drug-likeness (QED) is 0.841. The first-order valence-corrected chi connectivity index (χ1v) is 7.41. The van der Waals surface area contributed by atoms with E-state index >= 15 is 0 Å². The van der Waals surface area contributed by atoms with Crippen molar-refractivity contribution in [3.8, 4) is 0 Å². The maximum atomic E-state index is 11.7. The van der Waals surface area contributed by atoms with Gasteiger partial charge in [0.2, 0.25) is 0 Å². The van der Waals surface area contributed by atoms with Crippen molar-refractivity contribution in [1.82, 2.24) is 0 Å². The van der Waals surface area contributed by atoms with Gasteiger partial charge in [-0.25, -0.2) is 4.79 Å². The van der Waals surface area contributed by atoms with Crippen LogP contribution in [-0.4, -0.2) is 25.0 Å². The summed E-state index contributed by atoms with van der Waals surface area (Å²) < 4.78 is 5.06. The van der Waals surface area contributed by atoms with Gasteiger partial charge in [-0.1, -0.05) is 13.0 Å². The molecule has 1 amide bonds. The molecule has 5 nitrogen and oxygen atoms in total. The molecule has 2 rings (SSSR count). The number of ketones is 1. The largest absolute Gasteiger partial charge is 0.449 e. The number of carbonyl (C=O) groups excluding carboxylic acids is 2. The topological polar surface area (TPSA) is 67.4 Å². The van der Waals surface area contributed by atoms with E-state index in [4.69, 9.17) is 4.74 Å². The van der Waals surface area contributed by atoms with Gasteiger partial charge in [0.25, 0.3) is 0 Å². The van der Waals surface area contributed by atoms with Crippen LogP contribution in [0.3, 0.4) is 0 Å². The number of amides is 1. The van der Waals surface area contributed by atoms with Gasteiger partial charge in [-0.15, -0.1) is 0 Å². The average molecular weight is 290 g/mol. The van der Waals surface area contributed by atoms with Crippen molar-refractivity contribution < 1.29 is 14.3 Å². The van der Waals surface area contributed by atoms with Crippen molar-refractivity contribution in [2.24, 2.45) is 0 Å². The number of anilines is 2. The van der Waals surface area contributed by atoms with Crippen LogP contribution >= 0.6 is 0 Å². The Morgan fingerprint density at radius 1 is 1.43 bits per heavy atom. The molecule has 5 heteroatoms. The monoisotopic (exact) mass is 290 g/mol. The first kappa shape index (κ1) is 15.4. The lowest BCUT2D eigenvalue weighted by Crippen LogP contribution is -2.16. The molecule has 0 fully saturated rings. The summed E-state index contributed by atoms with van der Waals surface area (Å²) >= 11 is 0. The number of benzene rings is 1. The fraction of sp³-hybridized carbons (Fsp3) is 0.500. The second-order valence-electron chi connectivity index (χ2n) is 5.35. The number of ether oxygens (including phenoxy) is 1. The van der Waals surface area contributed by atoms with Gasteiger partial charge in [0.1, 0.15) is 5.78 Å². The molecule has 21 heavy (non-hydrogen) atoms. The Bertz CT molecular complexity index is 528. The zero-order valence-corrected chi connectivity index (χ0v) is 12.6. The Labute approximate surface area is 125 Å². The zero-order chi connectivity index (χ0) is 15.2. The van der Waals surface area contributed by atoms with Gasteiger partial charge < -0.3 is 14.8 Å². The van der Waals surface area contributed by atoms with E-state index < -0.39 is 6.09 Å². The number of carbonyl (C=O) groups is 2. The third-order valence-electron chi connectivity index (χ3n) is 3.57. The summed E-state index contributed by atoms with van der Waals surface area (Å²) in [6.07, 6.45) is 1.71. The number of nitrogens with one attached hydrogen (secondary N) is 2. The van der Waals surface area contributed by atoms with Crippen molar-refractivity contribution in [3.63, 3.8) is 0 Å².